The van der Waals surface area contributed by atoms with Gasteiger partial charge in [-0.3, -0.25) is 0 Å². The Morgan fingerprint density at radius 1 is 1.00 bits per heavy atom. The van der Waals surface area contributed by atoms with Crippen molar-refractivity contribution < 1.29 is 4.74 Å². The van der Waals surface area contributed by atoms with Gasteiger partial charge in [0.15, 0.2) is 5.75 Å². The minimum Gasteiger partial charge on any atom is -0.494 e. The van der Waals surface area contributed by atoms with E-state index in [1.54, 1.807) is 7.11 Å². The highest BCUT2D eigenvalue weighted by molar-refractivity contribution is 5.61. The van der Waals surface area contributed by atoms with Gasteiger partial charge in [-0.1, -0.05) is 47.6 Å². The highest BCUT2D eigenvalue weighted by atomic mass is 16.5. The van der Waals surface area contributed by atoms with Crippen LogP contribution in [0.4, 0.5) is 5.69 Å². The second-order valence-electron chi connectivity index (χ2n) is 6.67. The lowest BCUT2D eigenvalue weighted by Crippen LogP contribution is -2.17. The number of nitrogens with zero attached hydrogens (tertiary/aromatic N) is 1. The molecule has 1 aromatic rings. The van der Waals surface area contributed by atoms with Gasteiger partial charge in [0.05, 0.1) is 7.11 Å². The predicted molar refractivity (Wildman–Crippen MR) is 75.8 cm³/mol. The third kappa shape index (κ3) is 2.89. The summed E-state index contributed by atoms with van der Waals surface area (Å²) < 4.78 is 5.37. The van der Waals surface area contributed by atoms with E-state index in [0.717, 1.165) is 11.1 Å². The number of methoxy groups -OCH3 is 1. The van der Waals surface area contributed by atoms with E-state index in [9.17, 15) is 4.91 Å². The average molecular weight is 249 g/mol. The summed E-state index contributed by atoms with van der Waals surface area (Å²) in [6, 6.07) is 3.94. The first kappa shape index (κ1) is 14.7. The minimum atomic E-state index is -0.0912. The van der Waals surface area contributed by atoms with Gasteiger partial charge in [0.25, 0.3) is 0 Å². The summed E-state index contributed by atoms with van der Waals surface area (Å²) in [6.45, 7) is 12.7. The van der Waals surface area contributed by atoms with E-state index in [4.69, 9.17) is 4.74 Å². The smallest absolute Gasteiger partial charge is 0.151 e. The van der Waals surface area contributed by atoms with E-state index < -0.39 is 0 Å². The van der Waals surface area contributed by atoms with Crippen LogP contribution >= 0.6 is 0 Å². The Morgan fingerprint density at radius 2 is 1.56 bits per heavy atom. The summed E-state index contributed by atoms with van der Waals surface area (Å²) in [5.74, 6) is 0.588. The molecule has 0 amide bonds. The number of rotatable bonds is 2. The van der Waals surface area contributed by atoms with Crippen LogP contribution in [0.1, 0.15) is 52.7 Å². The molecule has 3 heteroatoms. The number of hydrogen-bond donors (Lipinski definition) is 0. The molecule has 0 N–H and O–H groups in total. The van der Waals surface area contributed by atoms with Gasteiger partial charge in [0.2, 0.25) is 0 Å². The number of nitroso groups, excluding NO2 is 1. The second-order valence-corrected chi connectivity index (χ2v) is 6.67. The molecule has 0 heterocycles. The Kier molecular flexibility index (Phi) is 3.84. The monoisotopic (exact) mass is 249 g/mol. The van der Waals surface area contributed by atoms with Crippen molar-refractivity contribution in [1.82, 2.24) is 0 Å². The van der Waals surface area contributed by atoms with Crippen molar-refractivity contribution in [2.75, 3.05) is 7.11 Å². The van der Waals surface area contributed by atoms with Gasteiger partial charge in [-0.2, -0.15) is 0 Å². The van der Waals surface area contributed by atoms with Crippen LogP contribution < -0.4 is 4.74 Å². The largest absolute Gasteiger partial charge is 0.494 e. The maximum absolute atomic E-state index is 11.0. The van der Waals surface area contributed by atoms with Crippen molar-refractivity contribution in [2.45, 2.75) is 52.4 Å². The molecule has 0 unspecified atom stereocenters. The highest BCUT2D eigenvalue weighted by Gasteiger charge is 2.26. The number of hydrogen-bond acceptors (Lipinski definition) is 3. The van der Waals surface area contributed by atoms with Crippen molar-refractivity contribution >= 4 is 5.69 Å². The van der Waals surface area contributed by atoms with Crippen molar-refractivity contribution in [3.05, 3.63) is 28.2 Å². The fraction of sp³-hybridized carbons (Fsp3) is 0.600. The highest BCUT2D eigenvalue weighted by Crippen LogP contribution is 2.41. The SMILES string of the molecule is COc1c(N=O)cc(C(C)(C)C)cc1C(C)(C)C. The quantitative estimate of drug-likeness (QED) is 0.713. The van der Waals surface area contributed by atoms with Crippen LogP contribution in [0.25, 0.3) is 0 Å². The van der Waals surface area contributed by atoms with Crippen molar-refractivity contribution in [3.63, 3.8) is 0 Å². The topological polar surface area (TPSA) is 38.7 Å². The molecule has 100 valence electrons. The lowest BCUT2D eigenvalue weighted by atomic mass is 9.80. The Bertz CT molecular complexity index is 451. The minimum absolute atomic E-state index is 0.0221. The summed E-state index contributed by atoms with van der Waals surface area (Å²) in [4.78, 5) is 11.0. The van der Waals surface area contributed by atoms with E-state index in [1.807, 2.05) is 6.07 Å². The summed E-state index contributed by atoms with van der Waals surface area (Å²) in [5, 5.41) is 3.11. The zero-order valence-corrected chi connectivity index (χ0v) is 12.4. The third-order valence-electron chi connectivity index (χ3n) is 3.05. The third-order valence-corrected chi connectivity index (χ3v) is 3.05. The Morgan fingerprint density at radius 3 is 1.89 bits per heavy atom. The van der Waals surface area contributed by atoms with Crippen LogP contribution in [0.15, 0.2) is 17.3 Å². The van der Waals surface area contributed by atoms with Crippen LogP contribution in [-0.4, -0.2) is 7.11 Å². The Balaban J connectivity index is 3.62. The van der Waals surface area contributed by atoms with Crippen molar-refractivity contribution in [2.24, 2.45) is 5.18 Å². The molecule has 0 radical (unpaired) electrons. The lowest BCUT2D eigenvalue weighted by molar-refractivity contribution is 0.398. The average Bonchev–Trinajstić information content (AvgIpc) is 2.24. The van der Waals surface area contributed by atoms with Gasteiger partial charge >= 0.3 is 0 Å². The summed E-state index contributed by atoms with van der Waals surface area (Å²) >= 11 is 0. The number of ether oxygens (including phenoxy) is 1. The lowest BCUT2D eigenvalue weighted by Gasteiger charge is -2.27. The summed E-state index contributed by atoms with van der Waals surface area (Å²) in [6.07, 6.45) is 0. The summed E-state index contributed by atoms with van der Waals surface area (Å²) in [5.41, 5.74) is 2.39. The first-order valence-electron chi connectivity index (χ1n) is 6.17. The molecule has 0 aliphatic rings. The molecular weight excluding hydrogens is 226 g/mol. The van der Waals surface area contributed by atoms with Crippen LogP contribution in [0.5, 0.6) is 5.75 Å². The van der Waals surface area contributed by atoms with E-state index >= 15 is 0 Å². The molecule has 3 nitrogen and oxygen atoms in total. The molecule has 0 saturated heterocycles. The molecule has 1 rings (SSSR count). The Labute approximate surface area is 110 Å². The van der Waals surface area contributed by atoms with E-state index in [2.05, 4.69) is 52.8 Å². The van der Waals surface area contributed by atoms with Crippen LogP contribution in [0.3, 0.4) is 0 Å². The predicted octanol–water partition coefficient (Wildman–Crippen LogP) is 4.69. The molecule has 0 fully saturated rings. The van der Waals surface area contributed by atoms with Crippen molar-refractivity contribution in [3.8, 4) is 5.75 Å². The standard InChI is InChI=1S/C15H23NO2/c1-14(2,3)10-8-11(15(4,5)6)13(18-7)12(9-10)16-17/h8-9H,1-7H3. The summed E-state index contributed by atoms with van der Waals surface area (Å²) in [7, 11) is 1.58. The molecule has 0 bridgehead atoms. The molecular formula is C15H23NO2. The van der Waals surface area contributed by atoms with Gasteiger partial charge < -0.3 is 4.74 Å². The first-order chi connectivity index (χ1) is 8.11. The normalized spacial score (nSPS) is 12.4. The van der Waals surface area contributed by atoms with Gasteiger partial charge in [0.1, 0.15) is 5.69 Å². The van der Waals surface area contributed by atoms with Crippen LogP contribution in [0.2, 0.25) is 0 Å². The Hall–Kier alpha value is -1.38. The molecule has 0 aliphatic carbocycles. The second kappa shape index (κ2) is 4.71. The molecule has 1 aromatic carbocycles. The van der Waals surface area contributed by atoms with Gasteiger partial charge in [0, 0.05) is 5.56 Å². The van der Waals surface area contributed by atoms with Gasteiger partial charge in [-0.15, -0.1) is 4.91 Å². The fourth-order valence-corrected chi connectivity index (χ4v) is 1.89. The first-order valence-corrected chi connectivity index (χ1v) is 6.17. The molecule has 0 aromatic heterocycles. The maximum Gasteiger partial charge on any atom is 0.151 e. The zero-order valence-electron chi connectivity index (χ0n) is 12.4. The van der Waals surface area contributed by atoms with E-state index in [-0.39, 0.29) is 10.8 Å². The molecule has 0 spiro atoms. The molecule has 0 atom stereocenters. The maximum atomic E-state index is 11.0. The van der Waals surface area contributed by atoms with E-state index in [1.165, 1.54) is 0 Å². The number of benzene rings is 1. The van der Waals surface area contributed by atoms with Crippen LogP contribution in [0, 0.1) is 4.91 Å². The fourth-order valence-electron chi connectivity index (χ4n) is 1.89. The van der Waals surface area contributed by atoms with E-state index in [0.29, 0.717) is 11.4 Å². The molecule has 18 heavy (non-hydrogen) atoms. The van der Waals surface area contributed by atoms with Gasteiger partial charge in [-0.05, 0) is 27.6 Å². The molecule has 0 aliphatic heterocycles. The zero-order chi connectivity index (χ0) is 14.1. The molecule has 0 saturated carbocycles. The van der Waals surface area contributed by atoms with Gasteiger partial charge in [-0.25, -0.2) is 0 Å². The van der Waals surface area contributed by atoms with Crippen LogP contribution in [-0.2, 0) is 10.8 Å². The van der Waals surface area contributed by atoms with Crippen molar-refractivity contribution in [1.29, 1.82) is 0 Å².